The molecular weight excluding hydrogens is 723 g/mol. The van der Waals surface area contributed by atoms with Crippen LogP contribution >= 0.6 is 46.2 Å². The number of fused-ring (bicyclic) bond motifs is 2. The highest BCUT2D eigenvalue weighted by Gasteiger charge is 2.14. The number of rotatable bonds is 10. The van der Waals surface area contributed by atoms with Crippen molar-refractivity contribution >= 4 is 89.7 Å². The zero-order valence-corrected chi connectivity index (χ0v) is 31.2. The van der Waals surface area contributed by atoms with Gasteiger partial charge in [-0.1, -0.05) is 41.7 Å². The molecule has 0 saturated carbocycles. The minimum atomic E-state index is -0.272. The van der Waals surface area contributed by atoms with Crippen molar-refractivity contribution in [2.75, 3.05) is 44.8 Å². The third-order valence-corrected chi connectivity index (χ3v) is 11.6. The molecule has 0 bridgehead atoms. The van der Waals surface area contributed by atoms with Gasteiger partial charge in [0.15, 0.2) is 23.0 Å². The molecule has 0 fully saturated rings. The molecule has 0 aliphatic carbocycles. The van der Waals surface area contributed by atoms with E-state index in [1.165, 1.54) is 11.3 Å². The maximum atomic E-state index is 12.2. The topological polar surface area (TPSA) is 130 Å². The first-order valence-electron chi connectivity index (χ1n) is 15.3. The van der Waals surface area contributed by atoms with E-state index in [1.807, 2.05) is 91.0 Å². The number of anilines is 3. The van der Waals surface area contributed by atoms with Crippen molar-refractivity contribution in [3.63, 3.8) is 0 Å². The lowest BCUT2D eigenvalue weighted by Gasteiger charge is -2.10. The van der Waals surface area contributed by atoms with Crippen LogP contribution < -0.4 is 35.3 Å². The van der Waals surface area contributed by atoms with Crippen LogP contribution in [0.1, 0.15) is 0 Å². The lowest BCUT2D eigenvalue weighted by Crippen LogP contribution is -2.18. The average molecular weight is 756 g/mol. The number of nitrogen functional groups attached to an aromatic ring is 1. The number of nitrogens with zero attached hydrogens (tertiary/aromatic N) is 2. The fourth-order valence-corrected chi connectivity index (χ4v) is 8.99. The number of methoxy groups -OCH3 is 4. The van der Waals surface area contributed by atoms with Gasteiger partial charge in [0.25, 0.3) is 0 Å². The van der Waals surface area contributed by atoms with E-state index in [0.717, 1.165) is 55.7 Å². The standard InChI is InChI=1S/C22H19N3O3S2.C15H14N2O2S2/c1-27-17-12-15-16(13-18(17)28-2)23-11-10-19(15)29-21-9-8-20(30-21)25-22(26)24-14-6-4-3-5-7-14;1-18-11-7-9-10(8-12(11)19-2)17-6-5-13(9)20-15-4-3-14(16)21-15/h3-13H,1-2H3,(H2,24,25,26);3-8H,16H2,1-2H3. The Kier molecular flexibility index (Phi) is 11.7. The zero-order valence-electron chi connectivity index (χ0n) is 28.0. The highest BCUT2D eigenvalue weighted by molar-refractivity contribution is 8.01. The van der Waals surface area contributed by atoms with Crippen molar-refractivity contribution in [3.05, 3.63) is 103 Å². The van der Waals surface area contributed by atoms with Crippen LogP contribution in [0, 0.1) is 0 Å². The number of pyridine rings is 2. The molecule has 0 aliphatic rings. The Morgan fingerprint density at radius 2 is 1.14 bits per heavy atom. The number of benzene rings is 3. The quantitative estimate of drug-likeness (QED) is 0.124. The number of hydrogen-bond acceptors (Lipinski definition) is 12. The molecule has 260 valence electrons. The number of carbonyl (C=O) groups excluding carboxylic acids is 1. The van der Waals surface area contributed by atoms with E-state index in [9.17, 15) is 4.79 Å². The van der Waals surface area contributed by atoms with Gasteiger partial charge in [0.05, 0.1) is 57.9 Å². The molecule has 0 aliphatic heterocycles. The van der Waals surface area contributed by atoms with Crippen molar-refractivity contribution < 1.29 is 23.7 Å². The highest BCUT2D eigenvalue weighted by Crippen LogP contribution is 2.42. The van der Waals surface area contributed by atoms with Gasteiger partial charge in [-0.2, -0.15) is 0 Å². The normalized spacial score (nSPS) is 10.7. The van der Waals surface area contributed by atoms with Gasteiger partial charge < -0.3 is 30.0 Å². The van der Waals surface area contributed by atoms with Crippen molar-refractivity contribution in [2.24, 2.45) is 0 Å². The van der Waals surface area contributed by atoms with E-state index < -0.39 is 0 Å². The first kappa shape index (κ1) is 35.7. The highest BCUT2D eigenvalue weighted by atomic mass is 32.2. The predicted octanol–water partition coefficient (Wildman–Crippen LogP) is 10.2. The number of thiophene rings is 2. The average Bonchev–Trinajstić information content (AvgIpc) is 3.78. The van der Waals surface area contributed by atoms with Crippen LogP contribution in [0.25, 0.3) is 21.8 Å². The van der Waals surface area contributed by atoms with Crippen LogP contribution in [-0.4, -0.2) is 44.4 Å². The number of carbonyl (C=O) groups is 1. The summed E-state index contributed by atoms with van der Waals surface area (Å²) >= 11 is 6.37. The number of ether oxygens (including phenoxy) is 4. The van der Waals surface area contributed by atoms with E-state index in [4.69, 9.17) is 24.7 Å². The summed E-state index contributed by atoms with van der Waals surface area (Å²) in [5.41, 5.74) is 8.23. The van der Waals surface area contributed by atoms with Crippen LogP contribution in [0.4, 0.5) is 20.5 Å². The number of hydrogen-bond donors (Lipinski definition) is 3. The Morgan fingerprint density at radius 3 is 1.65 bits per heavy atom. The first-order valence-corrected chi connectivity index (χ1v) is 18.6. The summed E-state index contributed by atoms with van der Waals surface area (Å²) in [5.74, 6) is 2.68. The maximum absolute atomic E-state index is 12.2. The molecule has 4 heterocycles. The third kappa shape index (κ3) is 8.78. The van der Waals surface area contributed by atoms with Crippen molar-refractivity contribution in [3.8, 4) is 23.0 Å². The fraction of sp³-hybridized carbons (Fsp3) is 0.108. The summed E-state index contributed by atoms with van der Waals surface area (Å²) in [6, 6.07) is 28.5. The summed E-state index contributed by atoms with van der Waals surface area (Å²) in [5, 5.41) is 9.28. The molecule has 10 nitrogen and oxygen atoms in total. The Balaban J connectivity index is 0.000000187. The Morgan fingerprint density at radius 1 is 0.627 bits per heavy atom. The number of nitrogens with two attached hydrogens (primary N) is 1. The first-order chi connectivity index (χ1) is 24.9. The minimum absolute atomic E-state index is 0.272. The van der Waals surface area contributed by atoms with E-state index in [1.54, 1.807) is 75.7 Å². The molecule has 0 atom stereocenters. The number of amides is 2. The van der Waals surface area contributed by atoms with Gasteiger partial charge >= 0.3 is 6.03 Å². The predicted molar refractivity (Wildman–Crippen MR) is 210 cm³/mol. The summed E-state index contributed by atoms with van der Waals surface area (Å²) in [6.07, 6.45) is 3.57. The van der Waals surface area contributed by atoms with Gasteiger partial charge in [-0.15, -0.1) is 22.7 Å². The van der Waals surface area contributed by atoms with Gasteiger partial charge in [-0.3, -0.25) is 15.3 Å². The monoisotopic (exact) mass is 755 g/mol. The molecule has 0 saturated heterocycles. The number of nitrogens with one attached hydrogen (secondary N) is 2. The van der Waals surface area contributed by atoms with Gasteiger partial charge in [0, 0.05) is 50.8 Å². The van der Waals surface area contributed by atoms with E-state index in [2.05, 4.69) is 20.6 Å². The molecular formula is C37H33N5O5S4. The lowest BCUT2D eigenvalue weighted by molar-refractivity contribution is 0.262. The Labute approximate surface area is 311 Å². The molecule has 4 N–H and O–H groups in total. The van der Waals surface area contributed by atoms with E-state index in [-0.39, 0.29) is 6.03 Å². The van der Waals surface area contributed by atoms with Crippen molar-refractivity contribution in [2.45, 2.75) is 18.2 Å². The molecule has 7 rings (SSSR count). The van der Waals surface area contributed by atoms with Crippen molar-refractivity contribution in [1.82, 2.24) is 9.97 Å². The molecule has 3 aromatic carbocycles. The molecule has 14 heteroatoms. The third-order valence-electron chi connectivity index (χ3n) is 7.29. The van der Waals surface area contributed by atoms with Gasteiger partial charge in [-0.05, 0) is 60.7 Å². The molecule has 2 amide bonds. The van der Waals surface area contributed by atoms with Crippen LogP contribution in [0.5, 0.6) is 23.0 Å². The van der Waals surface area contributed by atoms with Gasteiger partial charge in [-0.25, -0.2) is 4.79 Å². The Hall–Kier alpha value is -5.15. The number of para-hydroxylation sites is 1. The van der Waals surface area contributed by atoms with Crippen LogP contribution in [0.15, 0.2) is 122 Å². The lowest BCUT2D eigenvalue weighted by atomic mass is 10.2. The van der Waals surface area contributed by atoms with Crippen LogP contribution in [-0.2, 0) is 0 Å². The molecule has 0 radical (unpaired) electrons. The van der Waals surface area contributed by atoms with E-state index in [0.29, 0.717) is 23.0 Å². The summed E-state index contributed by atoms with van der Waals surface area (Å²) in [4.78, 5) is 23.2. The van der Waals surface area contributed by atoms with Crippen LogP contribution in [0.3, 0.4) is 0 Å². The fourth-order valence-electron chi connectivity index (χ4n) is 4.92. The smallest absolute Gasteiger partial charge is 0.324 e. The van der Waals surface area contributed by atoms with E-state index >= 15 is 0 Å². The molecule has 51 heavy (non-hydrogen) atoms. The number of aromatic nitrogens is 2. The Bertz CT molecular complexity index is 2280. The summed E-state index contributed by atoms with van der Waals surface area (Å²) in [6.45, 7) is 0. The SMILES string of the molecule is COc1cc2nccc(Sc3ccc(N)s3)c2cc1OC.COc1cc2nccc(Sc3ccc(NC(=O)Nc4ccccc4)s3)c2cc1OC. The molecule has 4 aromatic heterocycles. The largest absolute Gasteiger partial charge is 0.493 e. The van der Waals surface area contributed by atoms with Gasteiger partial charge in [0.1, 0.15) is 0 Å². The maximum Gasteiger partial charge on any atom is 0.324 e. The van der Waals surface area contributed by atoms with Crippen molar-refractivity contribution in [1.29, 1.82) is 0 Å². The second-order valence-corrected chi connectivity index (χ2v) is 15.4. The minimum Gasteiger partial charge on any atom is -0.493 e. The number of urea groups is 1. The molecule has 0 unspecified atom stereocenters. The molecule has 7 aromatic rings. The molecule has 0 spiro atoms. The summed E-state index contributed by atoms with van der Waals surface area (Å²) < 4.78 is 23.7. The van der Waals surface area contributed by atoms with Crippen LogP contribution in [0.2, 0.25) is 0 Å². The van der Waals surface area contributed by atoms with Gasteiger partial charge in [0.2, 0.25) is 0 Å². The zero-order chi connectivity index (χ0) is 35.7. The second kappa shape index (κ2) is 16.7. The second-order valence-electron chi connectivity index (χ2n) is 10.5. The summed E-state index contributed by atoms with van der Waals surface area (Å²) in [7, 11) is 6.48.